The molecule has 0 radical (unpaired) electrons. The Balaban J connectivity index is 2.14. The zero-order chi connectivity index (χ0) is 15.0. The van der Waals surface area contributed by atoms with Crippen molar-refractivity contribution in [1.29, 1.82) is 0 Å². The minimum Gasteiger partial charge on any atom is -0.245 e. The number of fused-ring (bicyclic) bond motifs is 1. The zero-order valence-electron chi connectivity index (χ0n) is 11.5. The number of hydrogen-bond donors (Lipinski definition) is 0. The standard InChI is InChI=1S/C13H12N6OS/c1-4-5-19-13(20)18-7-14-10(11(18)16-17-19)12-15-9(6-21-12)8(2)3/h1,6-8H,5H2,2-3H3. The van der Waals surface area contributed by atoms with Crippen molar-refractivity contribution >= 4 is 17.0 Å². The Kier molecular flexibility index (Phi) is 3.27. The van der Waals surface area contributed by atoms with E-state index in [0.717, 1.165) is 15.4 Å². The summed E-state index contributed by atoms with van der Waals surface area (Å²) in [4.78, 5) is 20.9. The summed E-state index contributed by atoms with van der Waals surface area (Å²) in [5.74, 6) is 2.70. The van der Waals surface area contributed by atoms with Gasteiger partial charge in [0.2, 0.25) is 0 Å². The second-order valence-corrected chi connectivity index (χ2v) is 5.61. The number of nitrogens with zero attached hydrogens (tertiary/aromatic N) is 6. The largest absolute Gasteiger partial charge is 0.353 e. The van der Waals surface area contributed by atoms with Gasteiger partial charge in [-0.1, -0.05) is 25.0 Å². The summed E-state index contributed by atoms with van der Waals surface area (Å²) in [7, 11) is 0. The van der Waals surface area contributed by atoms with Crippen LogP contribution in [-0.4, -0.2) is 29.4 Å². The van der Waals surface area contributed by atoms with E-state index in [4.69, 9.17) is 6.42 Å². The molecule has 21 heavy (non-hydrogen) atoms. The Morgan fingerprint density at radius 2 is 2.29 bits per heavy atom. The summed E-state index contributed by atoms with van der Waals surface area (Å²) in [6, 6.07) is 0. The van der Waals surface area contributed by atoms with Crippen molar-refractivity contribution in [1.82, 2.24) is 29.4 Å². The van der Waals surface area contributed by atoms with Gasteiger partial charge in [-0.05, 0) is 5.92 Å². The van der Waals surface area contributed by atoms with Crippen LogP contribution in [0.15, 0.2) is 16.5 Å². The average molecular weight is 300 g/mol. The molecule has 3 rings (SSSR count). The van der Waals surface area contributed by atoms with Crippen LogP contribution in [0.25, 0.3) is 16.3 Å². The topological polar surface area (TPSA) is 78.0 Å². The van der Waals surface area contributed by atoms with Crippen molar-refractivity contribution in [2.24, 2.45) is 0 Å². The molecular weight excluding hydrogens is 288 g/mol. The van der Waals surface area contributed by atoms with Crippen LogP contribution in [0.2, 0.25) is 0 Å². The molecule has 0 atom stereocenters. The maximum Gasteiger partial charge on any atom is 0.353 e. The molecule has 0 aromatic carbocycles. The molecule has 0 N–H and O–H groups in total. The van der Waals surface area contributed by atoms with E-state index in [1.165, 1.54) is 22.1 Å². The van der Waals surface area contributed by atoms with Crippen molar-refractivity contribution in [3.63, 3.8) is 0 Å². The van der Waals surface area contributed by atoms with Gasteiger partial charge in [0, 0.05) is 5.38 Å². The van der Waals surface area contributed by atoms with Crippen LogP contribution in [0.5, 0.6) is 0 Å². The first-order chi connectivity index (χ1) is 10.1. The predicted molar refractivity (Wildman–Crippen MR) is 79.1 cm³/mol. The molecule has 3 aromatic heterocycles. The minimum absolute atomic E-state index is 0.0734. The molecule has 7 nitrogen and oxygen atoms in total. The highest BCUT2D eigenvalue weighted by molar-refractivity contribution is 7.13. The van der Waals surface area contributed by atoms with E-state index in [2.05, 4.69) is 40.0 Å². The lowest BCUT2D eigenvalue weighted by Crippen LogP contribution is -2.29. The normalized spacial score (nSPS) is 11.1. The molecule has 3 aromatic rings. The minimum atomic E-state index is -0.364. The fourth-order valence-corrected chi connectivity index (χ4v) is 2.80. The van der Waals surface area contributed by atoms with Crippen LogP contribution in [0.3, 0.4) is 0 Å². The molecule has 0 amide bonds. The highest BCUT2D eigenvalue weighted by atomic mass is 32.1. The lowest BCUT2D eigenvalue weighted by Gasteiger charge is -1.99. The molecule has 8 heteroatoms. The van der Waals surface area contributed by atoms with Crippen molar-refractivity contribution < 1.29 is 0 Å². The van der Waals surface area contributed by atoms with E-state index >= 15 is 0 Å². The predicted octanol–water partition coefficient (Wildman–Crippen LogP) is 1.17. The lowest BCUT2D eigenvalue weighted by atomic mass is 10.2. The molecule has 3 heterocycles. The lowest BCUT2D eigenvalue weighted by molar-refractivity contribution is 0.577. The number of thiazole rings is 1. The fraction of sp³-hybridized carbons (Fsp3) is 0.308. The summed E-state index contributed by atoms with van der Waals surface area (Å²) in [5.41, 5.74) is 1.57. The second kappa shape index (κ2) is 5.10. The van der Waals surface area contributed by atoms with Crippen molar-refractivity contribution in [3.05, 3.63) is 27.9 Å². The Bertz CT molecular complexity index is 897. The van der Waals surface area contributed by atoms with Gasteiger partial charge in [0.25, 0.3) is 0 Å². The Morgan fingerprint density at radius 1 is 1.48 bits per heavy atom. The summed E-state index contributed by atoms with van der Waals surface area (Å²) >= 11 is 1.47. The number of aromatic nitrogens is 6. The van der Waals surface area contributed by atoms with Gasteiger partial charge in [-0.3, -0.25) is 0 Å². The third kappa shape index (κ3) is 2.21. The summed E-state index contributed by atoms with van der Waals surface area (Å²) in [6.07, 6.45) is 6.61. The van der Waals surface area contributed by atoms with Gasteiger partial charge in [0.1, 0.15) is 23.6 Å². The van der Waals surface area contributed by atoms with Gasteiger partial charge >= 0.3 is 5.69 Å². The Labute approximate surface area is 124 Å². The van der Waals surface area contributed by atoms with Gasteiger partial charge in [0.15, 0.2) is 5.65 Å². The van der Waals surface area contributed by atoms with E-state index in [0.29, 0.717) is 17.3 Å². The van der Waals surface area contributed by atoms with Gasteiger partial charge in [-0.25, -0.2) is 19.2 Å². The second-order valence-electron chi connectivity index (χ2n) is 4.75. The first-order valence-electron chi connectivity index (χ1n) is 6.32. The van der Waals surface area contributed by atoms with Crippen LogP contribution in [0, 0.1) is 12.3 Å². The summed E-state index contributed by atoms with van der Waals surface area (Å²) < 4.78 is 2.44. The number of terminal acetylenes is 1. The number of imidazole rings is 1. The van der Waals surface area contributed by atoms with Crippen LogP contribution in [0.1, 0.15) is 25.5 Å². The van der Waals surface area contributed by atoms with Crippen molar-refractivity contribution in [3.8, 4) is 23.0 Å². The average Bonchev–Trinajstić information content (AvgIpc) is 3.08. The van der Waals surface area contributed by atoms with Crippen LogP contribution >= 0.6 is 11.3 Å². The molecule has 106 valence electrons. The van der Waals surface area contributed by atoms with E-state index in [-0.39, 0.29) is 12.2 Å². The van der Waals surface area contributed by atoms with Gasteiger partial charge < -0.3 is 0 Å². The van der Waals surface area contributed by atoms with Crippen LogP contribution < -0.4 is 5.69 Å². The quantitative estimate of drug-likeness (QED) is 0.678. The monoisotopic (exact) mass is 300 g/mol. The van der Waals surface area contributed by atoms with E-state index in [9.17, 15) is 4.79 Å². The maximum atomic E-state index is 12.1. The molecule has 0 unspecified atom stereocenters. The maximum absolute atomic E-state index is 12.1. The molecule has 0 aliphatic rings. The highest BCUT2D eigenvalue weighted by Crippen LogP contribution is 2.27. The Morgan fingerprint density at radius 3 is 2.95 bits per heavy atom. The van der Waals surface area contributed by atoms with Gasteiger partial charge in [-0.15, -0.1) is 22.9 Å². The summed E-state index contributed by atoms with van der Waals surface area (Å²) in [5, 5.41) is 10.6. The first-order valence-corrected chi connectivity index (χ1v) is 7.20. The molecule has 0 aliphatic heterocycles. The molecule has 0 bridgehead atoms. The van der Waals surface area contributed by atoms with Crippen molar-refractivity contribution in [2.45, 2.75) is 26.3 Å². The molecular formula is C13H12N6OS. The number of hydrogen-bond acceptors (Lipinski definition) is 6. The zero-order valence-corrected chi connectivity index (χ0v) is 12.3. The molecule has 0 saturated carbocycles. The fourth-order valence-electron chi connectivity index (χ4n) is 1.83. The molecule has 0 spiro atoms. The van der Waals surface area contributed by atoms with Gasteiger partial charge in [0.05, 0.1) is 5.69 Å². The highest BCUT2D eigenvalue weighted by Gasteiger charge is 2.16. The molecule has 0 aliphatic carbocycles. The van der Waals surface area contributed by atoms with Gasteiger partial charge in [-0.2, -0.15) is 4.68 Å². The first kappa shape index (κ1) is 13.5. The molecule has 0 fully saturated rings. The molecule has 0 saturated heterocycles. The van der Waals surface area contributed by atoms with E-state index in [1.54, 1.807) is 0 Å². The third-order valence-electron chi connectivity index (χ3n) is 2.97. The van der Waals surface area contributed by atoms with Crippen LogP contribution in [0.4, 0.5) is 0 Å². The number of rotatable bonds is 3. The Hall–Kier alpha value is -2.53. The SMILES string of the molecule is C#CCn1nnc2c(-c3nc(C(C)C)cs3)ncn2c1=O. The van der Waals surface area contributed by atoms with Crippen molar-refractivity contribution in [2.75, 3.05) is 0 Å². The van der Waals surface area contributed by atoms with E-state index < -0.39 is 0 Å². The summed E-state index contributed by atoms with van der Waals surface area (Å²) in [6.45, 7) is 4.22. The van der Waals surface area contributed by atoms with E-state index in [1.807, 2.05) is 5.38 Å². The van der Waals surface area contributed by atoms with Crippen LogP contribution in [-0.2, 0) is 6.54 Å². The third-order valence-corrected chi connectivity index (χ3v) is 3.84. The smallest absolute Gasteiger partial charge is 0.245 e.